The van der Waals surface area contributed by atoms with E-state index in [0.717, 1.165) is 24.3 Å². The molecule has 2 aromatic rings. The first-order valence-corrected chi connectivity index (χ1v) is 7.31. The number of halogens is 1. The molecule has 0 saturated heterocycles. The summed E-state index contributed by atoms with van der Waals surface area (Å²) in [5.74, 6) is 1.49. The van der Waals surface area contributed by atoms with Crippen molar-refractivity contribution in [2.45, 2.75) is 25.8 Å². The van der Waals surface area contributed by atoms with Gasteiger partial charge in [0.2, 0.25) is 0 Å². The van der Waals surface area contributed by atoms with E-state index in [0.29, 0.717) is 17.3 Å². The fraction of sp³-hybridized carbons (Fsp3) is 0.500. The third kappa shape index (κ3) is 4.15. The van der Waals surface area contributed by atoms with Crippen molar-refractivity contribution in [3.8, 4) is 5.75 Å². The normalized spacial score (nSPS) is 12.4. The van der Waals surface area contributed by atoms with Crippen LogP contribution in [0.4, 0.5) is 0 Å². The number of benzene rings is 1. The fourth-order valence-electron chi connectivity index (χ4n) is 2.18. The van der Waals surface area contributed by atoms with E-state index in [1.807, 2.05) is 18.2 Å². The lowest BCUT2D eigenvalue weighted by Crippen LogP contribution is -2.25. The van der Waals surface area contributed by atoms with E-state index < -0.39 is 0 Å². The molecule has 0 aliphatic heterocycles. The van der Waals surface area contributed by atoms with Crippen molar-refractivity contribution in [1.29, 1.82) is 0 Å². The number of methoxy groups -OCH3 is 1. The van der Waals surface area contributed by atoms with Gasteiger partial charge in [-0.15, -0.1) is 10.2 Å². The minimum Gasteiger partial charge on any atom is -0.496 e. The van der Waals surface area contributed by atoms with Gasteiger partial charge in [-0.2, -0.15) is 4.80 Å². The zero-order chi connectivity index (χ0) is 15.2. The highest BCUT2D eigenvalue weighted by Crippen LogP contribution is 2.29. The maximum Gasteiger partial charge on any atom is 0.176 e. The summed E-state index contributed by atoms with van der Waals surface area (Å²) in [5.41, 5.74) is 1.01. The number of nitrogens with zero attached hydrogens (tertiary/aromatic N) is 4. The topological polar surface area (TPSA) is 64.9 Å². The van der Waals surface area contributed by atoms with Crippen LogP contribution in [-0.2, 0) is 13.5 Å². The smallest absolute Gasteiger partial charge is 0.176 e. The number of aryl methyl sites for hydroxylation is 1. The summed E-state index contributed by atoms with van der Waals surface area (Å²) in [6.07, 6.45) is 1.66. The van der Waals surface area contributed by atoms with Crippen LogP contribution < -0.4 is 10.1 Å². The van der Waals surface area contributed by atoms with Crippen LogP contribution in [0.25, 0.3) is 0 Å². The summed E-state index contributed by atoms with van der Waals surface area (Å²) in [6.45, 7) is 3.01. The monoisotopic (exact) mass is 309 g/mol. The zero-order valence-electron chi connectivity index (χ0n) is 12.5. The zero-order valence-corrected chi connectivity index (χ0v) is 13.3. The summed E-state index contributed by atoms with van der Waals surface area (Å²) in [6, 6.07) is 5.65. The maximum absolute atomic E-state index is 6.13. The van der Waals surface area contributed by atoms with Crippen LogP contribution in [0.2, 0.25) is 5.02 Å². The van der Waals surface area contributed by atoms with Crippen molar-refractivity contribution < 1.29 is 4.74 Å². The summed E-state index contributed by atoms with van der Waals surface area (Å²) >= 11 is 6.13. The van der Waals surface area contributed by atoms with E-state index in [1.54, 1.807) is 14.2 Å². The third-order valence-corrected chi connectivity index (χ3v) is 3.38. The first-order valence-electron chi connectivity index (χ1n) is 6.93. The molecule has 114 valence electrons. The molecule has 21 heavy (non-hydrogen) atoms. The molecule has 6 nitrogen and oxygen atoms in total. The number of hydrogen-bond donors (Lipinski definition) is 1. The number of aromatic nitrogens is 4. The first kappa shape index (κ1) is 15.7. The van der Waals surface area contributed by atoms with E-state index in [-0.39, 0.29) is 6.04 Å². The van der Waals surface area contributed by atoms with Gasteiger partial charge in [0, 0.05) is 23.0 Å². The van der Waals surface area contributed by atoms with E-state index in [4.69, 9.17) is 16.3 Å². The molecule has 1 aromatic heterocycles. The van der Waals surface area contributed by atoms with Crippen LogP contribution in [0, 0.1) is 0 Å². The average molecular weight is 310 g/mol. The Morgan fingerprint density at radius 1 is 1.43 bits per heavy atom. The van der Waals surface area contributed by atoms with Crippen molar-refractivity contribution in [3.63, 3.8) is 0 Å². The Labute approximate surface area is 129 Å². The van der Waals surface area contributed by atoms with Gasteiger partial charge in [0.1, 0.15) is 5.75 Å². The van der Waals surface area contributed by atoms with E-state index in [2.05, 4.69) is 27.7 Å². The number of hydrogen-bond acceptors (Lipinski definition) is 5. The largest absolute Gasteiger partial charge is 0.496 e. The van der Waals surface area contributed by atoms with Crippen LogP contribution >= 0.6 is 11.6 Å². The van der Waals surface area contributed by atoms with Gasteiger partial charge < -0.3 is 10.1 Å². The van der Waals surface area contributed by atoms with E-state index >= 15 is 0 Å². The number of tetrazole rings is 1. The Hall–Kier alpha value is -1.66. The molecule has 0 saturated carbocycles. The van der Waals surface area contributed by atoms with Crippen LogP contribution in [0.5, 0.6) is 5.75 Å². The molecule has 0 bridgehead atoms. The van der Waals surface area contributed by atoms with Gasteiger partial charge in [-0.05, 0) is 36.4 Å². The minimum atomic E-state index is 0.0304. The van der Waals surface area contributed by atoms with Gasteiger partial charge in [-0.1, -0.05) is 18.5 Å². The van der Waals surface area contributed by atoms with Gasteiger partial charge in [0.15, 0.2) is 5.82 Å². The Bertz CT molecular complexity index is 586. The molecule has 1 N–H and O–H groups in total. The molecule has 0 amide bonds. The Morgan fingerprint density at radius 3 is 2.86 bits per heavy atom. The standard InChI is InChI=1S/C14H20ClN5O/c1-4-7-16-12(9-14-17-19-20(2)18-14)11-8-10(15)5-6-13(11)21-3/h5-6,8,12,16H,4,7,9H2,1-3H3. The number of rotatable bonds is 7. The third-order valence-electron chi connectivity index (χ3n) is 3.14. The van der Waals surface area contributed by atoms with Crippen LogP contribution in [-0.4, -0.2) is 33.9 Å². The van der Waals surface area contributed by atoms with Crippen molar-refractivity contribution in [3.05, 3.63) is 34.6 Å². The molecule has 1 aromatic carbocycles. The van der Waals surface area contributed by atoms with E-state index in [1.165, 1.54) is 4.80 Å². The molecule has 0 aliphatic carbocycles. The number of nitrogens with one attached hydrogen (secondary N) is 1. The van der Waals surface area contributed by atoms with Gasteiger partial charge in [-0.3, -0.25) is 0 Å². The van der Waals surface area contributed by atoms with Crippen LogP contribution in [0.1, 0.15) is 30.8 Å². The van der Waals surface area contributed by atoms with Crippen molar-refractivity contribution in [2.24, 2.45) is 7.05 Å². The molecule has 1 unspecified atom stereocenters. The summed E-state index contributed by atoms with van der Waals surface area (Å²) in [5, 5.41) is 16.3. The lowest BCUT2D eigenvalue weighted by molar-refractivity contribution is 0.397. The SMILES string of the molecule is CCCNC(Cc1nnn(C)n1)c1cc(Cl)ccc1OC. The first-order chi connectivity index (χ1) is 10.1. The van der Waals surface area contributed by atoms with Gasteiger partial charge in [0.05, 0.1) is 14.2 Å². The maximum atomic E-state index is 6.13. The molecule has 0 radical (unpaired) electrons. The molecular formula is C14H20ClN5O. The molecule has 0 fully saturated rings. The second-order valence-corrected chi connectivity index (χ2v) is 5.23. The minimum absolute atomic E-state index is 0.0304. The molecular weight excluding hydrogens is 290 g/mol. The second-order valence-electron chi connectivity index (χ2n) is 4.79. The summed E-state index contributed by atoms with van der Waals surface area (Å²) in [7, 11) is 3.41. The molecule has 7 heteroatoms. The van der Waals surface area contributed by atoms with Crippen molar-refractivity contribution >= 4 is 11.6 Å². The highest BCUT2D eigenvalue weighted by atomic mass is 35.5. The molecule has 1 atom stereocenters. The summed E-state index contributed by atoms with van der Waals surface area (Å²) in [4.78, 5) is 1.46. The lowest BCUT2D eigenvalue weighted by Gasteiger charge is -2.20. The van der Waals surface area contributed by atoms with Gasteiger partial charge in [0.25, 0.3) is 0 Å². The predicted octanol–water partition coefficient (Wildman–Crippen LogP) is 2.16. The second kappa shape index (κ2) is 7.38. The summed E-state index contributed by atoms with van der Waals surface area (Å²) < 4.78 is 5.44. The predicted molar refractivity (Wildman–Crippen MR) is 81.5 cm³/mol. The van der Waals surface area contributed by atoms with Crippen molar-refractivity contribution in [1.82, 2.24) is 25.5 Å². The Kier molecular flexibility index (Phi) is 5.52. The quantitative estimate of drug-likeness (QED) is 0.849. The highest BCUT2D eigenvalue weighted by molar-refractivity contribution is 6.30. The molecule has 0 spiro atoms. The van der Waals surface area contributed by atoms with E-state index in [9.17, 15) is 0 Å². The van der Waals surface area contributed by atoms with Crippen LogP contribution in [0.15, 0.2) is 18.2 Å². The lowest BCUT2D eigenvalue weighted by atomic mass is 10.0. The Balaban J connectivity index is 2.28. The highest BCUT2D eigenvalue weighted by Gasteiger charge is 2.19. The molecule has 2 rings (SSSR count). The average Bonchev–Trinajstić information content (AvgIpc) is 2.88. The van der Waals surface area contributed by atoms with Crippen LogP contribution in [0.3, 0.4) is 0 Å². The number of ether oxygens (including phenoxy) is 1. The van der Waals surface area contributed by atoms with Crippen molar-refractivity contribution in [2.75, 3.05) is 13.7 Å². The molecule has 1 heterocycles. The Morgan fingerprint density at radius 2 is 2.24 bits per heavy atom. The van der Waals surface area contributed by atoms with Gasteiger partial charge >= 0.3 is 0 Å². The fourth-order valence-corrected chi connectivity index (χ4v) is 2.36. The molecule has 0 aliphatic rings. The van der Waals surface area contributed by atoms with Gasteiger partial charge in [-0.25, -0.2) is 0 Å².